The van der Waals surface area contributed by atoms with Gasteiger partial charge in [-0.15, -0.1) is 11.3 Å². The van der Waals surface area contributed by atoms with Gasteiger partial charge in [-0.25, -0.2) is 4.98 Å². The summed E-state index contributed by atoms with van der Waals surface area (Å²) in [5, 5.41) is 13.4. The fourth-order valence-electron chi connectivity index (χ4n) is 1.71. The van der Waals surface area contributed by atoms with Crippen LogP contribution in [0.5, 0.6) is 0 Å². The van der Waals surface area contributed by atoms with Crippen molar-refractivity contribution in [3.8, 4) is 10.6 Å². The van der Waals surface area contributed by atoms with E-state index in [0.717, 1.165) is 16.1 Å². The second kappa shape index (κ2) is 6.96. The highest BCUT2D eigenvalue weighted by Crippen LogP contribution is 2.24. The van der Waals surface area contributed by atoms with E-state index in [2.05, 4.69) is 10.3 Å². The van der Waals surface area contributed by atoms with Crippen LogP contribution in [0.15, 0.2) is 29.6 Å². The van der Waals surface area contributed by atoms with Crippen LogP contribution in [0.3, 0.4) is 0 Å². The molecule has 7 heteroatoms. The summed E-state index contributed by atoms with van der Waals surface area (Å²) in [6.45, 7) is 0.115. The van der Waals surface area contributed by atoms with Gasteiger partial charge < -0.3 is 16.2 Å². The zero-order valence-electron chi connectivity index (χ0n) is 11.2. The molecule has 1 aromatic heterocycles. The molecule has 0 spiro atoms. The molecule has 1 aromatic carbocycles. The van der Waals surface area contributed by atoms with E-state index in [1.807, 2.05) is 24.3 Å². The number of carboxylic acids is 1. The number of rotatable bonds is 6. The normalized spacial score (nSPS) is 10.3. The van der Waals surface area contributed by atoms with Crippen molar-refractivity contribution in [2.24, 2.45) is 5.73 Å². The first-order valence-corrected chi connectivity index (χ1v) is 7.18. The molecule has 0 fully saturated rings. The van der Waals surface area contributed by atoms with Gasteiger partial charge in [0.1, 0.15) is 11.6 Å². The van der Waals surface area contributed by atoms with Crippen molar-refractivity contribution in [3.05, 3.63) is 40.9 Å². The van der Waals surface area contributed by atoms with E-state index >= 15 is 0 Å². The predicted octanol–water partition coefficient (Wildman–Crippen LogP) is 1.01. The Bertz CT molecular complexity index is 637. The van der Waals surface area contributed by atoms with E-state index in [-0.39, 0.29) is 18.9 Å². The summed E-state index contributed by atoms with van der Waals surface area (Å²) >= 11 is 1.44. The van der Waals surface area contributed by atoms with Crippen molar-refractivity contribution >= 4 is 23.2 Å². The third kappa shape index (κ3) is 4.37. The monoisotopic (exact) mass is 305 g/mol. The Balaban J connectivity index is 2.00. The van der Waals surface area contributed by atoms with Gasteiger partial charge in [-0.3, -0.25) is 9.59 Å². The molecule has 2 aromatic rings. The Morgan fingerprint density at radius 2 is 2.00 bits per heavy atom. The van der Waals surface area contributed by atoms with Crippen molar-refractivity contribution in [1.29, 1.82) is 0 Å². The van der Waals surface area contributed by atoms with E-state index in [1.165, 1.54) is 11.3 Å². The van der Waals surface area contributed by atoms with Crippen molar-refractivity contribution in [2.45, 2.75) is 13.0 Å². The lowest BCUT2D eigenvalue weighted by Crippen LogP contribution is -2.30. The van der Waals surface area contributed by atoms with Crippen molar-refractivity contribution in [1.82, 2.24) is 10.3 Å². The number of benzene rings is 1. The first-order valence-electron chi connectivity index (χ1n) is 6.30. The molecule has 0 aliphatic rings. The lowest BCUT2D eigenvalue weighted by molar-refractivity contribution is -0.137. The molecule has 2 rings (SSSR count). The number of carbonyl (C=O) groups excluding carboxylic acids is 1. The van der Waals surface area contributed by atoms with Crippen molar-refractivity contribution in [3.63, 3.8) is 0 Å². The molecule has 0 aliphatic heterocycles. The molecular weight excluding hydrogens is 290 g/mol. The van der Waals surface area contributed by atoms with Crippen molar-refractivity contribution in [2.75, 3.05) is 6.54 Å². The van der Waals surface area contributed by atoms with Crippen LogP contribution in [0.2, 0.25) is 0 Å². The zero-order chi connectivity index (χ0) is 15.2. The molecule has 4 N–H and O–H groups in total. The second-order valence-electron chi connectivity index (χ2n) is 4.39. The maximum absolute atomic E-state index is 11.5. The van der Waals surface area contributed by atoms with Gasteiger partial charge in [0.15, 0.2) is 0 Å². The van der Waals surface area contributed by atoms with Crippen LogP contribution in [0.1, 0.15) is 11.3 Å². The predicted molar refractivity (Wildman–Crippen MR) is 79.8 cm³/mol. The highest BCUT2D eigenvalue weighted by atomic mass is 32.1. The van der Waals surface area contributed by atoms with Crippen LogP contribution in [0, 0.1) is 0 Å². The molecule has 0 atom stereocenters. The minimum atomic E-state index is -1.07. The van der Waals surface area contributed by atoms with Crippen LogP contribution in [-0.4, -0.2) is 28.5 Å². The summed E-state index contributed by atoms with van der Waals surface area (Å²) in [4.78, 5) is 26.3. The number of amides is 1. The minimum Gasteiger partial charge on any atom is -0.480 e. The summed E-state index contributed by atoms with van der Waals surface area (Å²) in [7, 11) is 0. The molecule has 110 valence electrons. The number of hydrogen-bond donors (Lipinski definition) is 3. The standard InChI is InChI=1S/C14H15N3O3S/c15-6-9-1-3-10(4-2-9)14-17-11(8-21-14)5-12(18)16-7-13(19)20/h1-4,8H,5-7,15H2,(H,16,18)(H,19,20). The Labute approximate surface area is 125 Å². The van der Waals surface area contributed by atoms with Crippen LogP contribution in [0.4, 0.5) is 0 Å². The van der Waals surface area contributed by atoms with Gasteiger partial charge in [0, 0.05) is 17.5 Å². The molecule has 0 saturated heterocycles. The van der Waals surface area contributed by atoms with Gasteiger partial charge in [-0.05, 0) is 5.56 Å². The molecule has 1 heterocycles. The molecular formula is C14H15N3O3S. The number of thiazole rings is 1. The van der Waals surface area contributed by atoms with Gasteiger partial charge in [-0.2, -0.15) is 0 Å². The highest BCUT2D eigenvalue weighted by Gasteiger charge is 2.09. The fraction of sp³-hybridized carbons (Fsp3) is 0.214. The third-order valence-corrected chi connectivity index (χ3v) is 3.71. The van der Waals surface area contributed by atoms with Crippen LogP contribution < -0.4 is 11.1 Å². The van der Waals surface area contributed by atoms with E-state index in [1.54, 1.807) is 5.38 Å². The summed E-state index contributed by atoms with van der Waals surface area (Å²) in [5.41, 5.74) is 8.19. The summed E-state index contributed by atoms with van der Waals surface area (Å²) < 4.78 is 0. The number of nitrogens with one attached hydrogen (secondary N) is 1. The number of nitrogens with two attached hydrogens (primary N) is 1. The van der Waals surface area contributed by atoms with Crippen LogP contribution in [0.25, 0.3) is 10.6 Å². The molecule has 0 radical (unpaired) electrons. The zero-order valence-corrected chi connectivity index (χ0v) is 12.0. The van der Waals surface area contributed by atoms with Gasteiger partial charge in [0.2, 0.25) is 5.91 Å². The topological polar surface area (TPSA) is 105 Å². The Morgan fingerprint density at radius 3 is 2.62 bits per heavy atom. The number of carboxylic acid groups (broad SMARTS) is 1. The Hall–Kier alpha value is -2.25. The van der Waals surface area contributed by atoms with Gasteiger partial charge in [0.25, 0.3) is 0 Å². The summed E-state index contributed by atoms with van der Waals surface area (Å²) in [6, 6.07) is 7.76. The van der Waals surface area contributed by atoms with Gasteiger partial charge >= 0.3 is 5.97 Å². The quantitative estimate of drug-likeness (QED) is 0.738. The maximum Gasteiger partial charge on any atom is 0.322 e. The molecule has 21 heavy (non-hydrogen) atoms. The largest absolute Gasteiger partial charge is 0.480 e. The first-order chi connectivity index (χ1) is 10.1. The molecule has 1 amide bonds. The average molecular weight is 305 g/mol. The lowest BCUT2D eigenvalue weighted by atomic mass is 10.1. The molecule has 0 saturated carbocycles. The third-order valence-electron chi connectivity index (χ3n) is 2.77. The number of aliphatic carboxylic acids is 1. The molecule has 6 nitrogen and oxygen atoms in total. The van der Waals surface area contributed by atoms with E-state index < -0.39 is 5.97 Å². The smallest absolute Gasteiger partial charge is 0.322 e. The number of hydrogen-bond acceptors (Lipinski definition) is 5. The van der Waals surface area contributed by atoms with E-state index in [4.69, 9.17) is 10.8 Å². The van der Waals surface area contributed by atoms with E-state index in [9.17, 15) is 9.59 Å². The van der Waals surface area contributed by atoms with Gasteiger partial charge in [0.05, 0.1) is 12.1 Å². The second-order valence-corrected chi connectivity index (χ2v) is 5.25. The van der Waals surface area contributed by atoms with Crippen LogP contribution >= 0.6 is 11.3 Å². The lowest BCUT2D eigenvalue weighted by Gasteiger charge is -2.00. The summed E-state index contributed by atoms with van der Waals surface area (Å²) in [6.07, 6.45) is 0.0741. The highest BCUT2D eigenvalue weighted by molar-refractivity contribution is 7.13. The average Bonchev–Trinajstić information content (AvgIpc) is 2.93. The number of aromatic nitrogens is 1. The Morgan fingerprint density at radius 1 is 1.29 bits per heavy atom. The SMILES string of the molecule is NCc1ccc(-c2nc(CC(=O)NCC(=O)O)cs2)cc1. The summed E-state index contributed by atoms with van der Waals surface area (Å²) in [5.74, 6) is -1.42. The minimum absolute atomic E-state index is 0.0741. The van der Waals surface area contributed by atoms with Crippen molar-refractivity contribution < 1.29 is 14.7 Å². The number of carbonyl (C=O) groups is 2. The molecule has 0 unspecified atom stereocenters. The maximum atomic E-state index is 11.5. The van der Waals surface area contributed by atoms with E-state index in [0.29, 0.717) is 12.2 Å². The Kier molecular flexibility index (Phi) is 5.02. The first kappa shape index (κ1) is 15.1. The van der Waals surface area contributed by atoms with Gasteiger partial charge in [-0.1, -0.05) is 24.3 Å². The number of nitrogens with zero attached hydrogens (tertiary/aromatic N) is 1. The van der Waals surface area contributed by atoms with Crippen LogP contribution in [-0.2, 0) is 22.6 Å². The molecule has 0 aliphatic carbocycles. The molecule has 0 bridgehead atoms. The fourth-order valence-corrected chi connectivity index (χ4v) is 2.53.